The van der Waals surface area contributed by atoms with Crippen LogP contribution in [0, 0.1) is 11.7 Å². The van der Waals surface area contributed by atoms with Gasteiger partial charge >= 0.3 is 0 Å². The van der Waals surface area contributed by atoms with Crippen molar-refractivity contribution in [3.8, 4) is 0 Å². The molecule has 0 unspecified atom stereocenters. The first-order chi connectivity index (χ1) is 13.5. The predicted molar refractivity (Wildman–Crippen MR) is 112 cm³/mol. The zero-order valence-electron chi connectivity index (χ0n) is 15.8. The molecule has 0 bridgehead atoms. The minimum absolute atomic E-state index is 0.0795. The number of nitrogens with zero attached hydrogens (tertiary/aromatic N) is 1. The summed E-state index contributed by atoms with van der Waals surface area (Å²) >= 11 is 12.0. The molecule has 0 aromatic heterocycles. The lowest BCUT2D eigenvalue weighted by atomic mass is 9.95. The Morgan fingerprint density at radius 3 is 2.39 bits per heavy atom. The Kier molecular flexibility index (Phi) is 7.72. The molecule has 0 atom stereocenters. The van der Waals surface area contributed by atoms with Gasteiger partial charge in [-0.05, 0) is 74.2 Å². The van der Waals surface area contributed by atoms with Gasteiger partial charge in [-0.1, -0.05) is 41.4 Å². The van der Waals surface area contributed by atoms with Gasteiger partial charge in [0.05, 0.1) is 10.0 Å². The third-order valence-corrected chi connectivity index (χ3v) is 5.94. The quantitative estimate of drug-likeness (QED) is 0.629. The number of carbonyl (C=O) groups excluding carboxylic acids is 1. The number of aryl methyl sites for hydroxylation is 1. The zero-order valence-corrected chi connectivity index (χ0v) is 17.3. The Labute approximate surface area is 175 Å². The molecule has 3 nitrogen and oxygen atoms in total. The minimum atomic E-state index is -0.220. The third kappa shape index (κ3) is 6.20. The lowest BCUT2D eigenvalue weighted by Gasteiger charge is -2.31. The van der Waals surface area contributed by atoms with E-state index in [9.17, 15) is 9.18 Å². The lowest BCUT2D eigenvalue weighted by Crippen LogP contribution is -2.40. The molecule has 1 N–H and O–H groups in total. The van der Waals surface area contributed by atoms with Gasteiger partial charge in [0.15, 0.2) is 0 Å². The van der Waals surface area contributed by atoms with Crippen LogP contribution in [0.15, 0.2) is 42.5 Å². The second kappa shape index (κ2) is 10.2. The maximum atomic E-state index is 12.9. The number of piperidine rings is 1. The van der Waals surface area contributed by atoms with Gasteiger partial charge in [-0.3, -0.25) is 9.69 Å². The second-order valence-corrected chi connectivity index (χ2v) is 8.13. The number of rotatable bonds is 7. The van der Waals surface area contributed by atoms with Crippen molar-refractivity contribution in [1.82, 2.24) is 10.2 Å². The molecule has 1 fully saturated rings. The highest BCUT2D eigenvalue weighted by Gasteiger charge is 2.24. The summed E-state index contributed by atoms with van der Waals surface area (Å²) in [5.74, 6) is 0.00623. The van der Waals surface area contributed by atoms with E-state index in [1.165, 1.54) is 12.1 Å². The van der Waals surface area contributed by atoms with E-state index in [1.54, 1.807) is 12.1 Å². The fraction of sp³-hybridized carbons (Fsp3) is 0.409. The Morgan fingerprint density at radius 1 is 1.04 bits per heavy atom. The summed E-state index contributed by atoms with van der Waals surface area (Å²) in [5.41, 5.74) is 2.23. The van der Waals surface area contributed by atoms with E-state index in [4.69, 9.17) is 23.2 Å². The molecule has 1 aliphatic rings. The number of hydrogen-bond donors (Lipinski definition) is 1. The normalized spacial score (nSPS) is 15.5. The lowest BCUT2D eigenvalue weighted by molar-refractivity contribution is -0.126. The van der Waals surface area contributed by atoms with Crippen LogP contribution in [0.1, 0.15) is 30.4 Å². The number of benzene rings is 2. The maximum absolute atomic E-state index is 12.9. The van der Waals surface area contributed by atoms with Crippen molar-refractivity contribution in [2.75, 3.05) is 19.6 Å². The van der Waals surface area contributed by atoms with Crippen LogP contribution in [0.2, 0.25) is 10.0 Å². The Bertz CT molecular complexity index is 790. The molecule has 0 radical (unpaired) electrons. The Balaban J connectivity index is 1.35. The number of hydrogen-bond acceptors (Lipinski definition) is 2. The smallest absolute Gasteiger partial charge is 0.223 e. The van der Waals surface area contributed by atoms with Gasteiger partial charge in [0.1, 0.15) is 5.82 Å². The fourth-order valence-corrected chi connectivity index (χ4v) is 3.87. The van der Waals surface area contributed by atoms with Crippen LogP contribution < -0.4 is 5.32 Å². The molecule has 150 valence electrons. The molecule has 0 aliphatic carbocycles. The minimum Gasteiger partial charge on any atom is -0.356 e. The molecule has 2 aromatic rings. The van der Waals surface area contributed by atoms with E-state index in [1.807, 2.05) is 18.2 Å². The summed E-state index contributed by atoms with van der Waals surface area (Å²) in [4.78, 5) is 14.7. The standard InChI is InChI=1S/C22H25Cl2FN2O/c23-20-8-5-17(14-21(20)24)15-27-12-9-18(10-13-27)22(28)26-11-1-2-16-3-6-19(25)7-4-16/h3-8,14,18H,1-2,9-13,15H2,(H,26,28). The average Bonchev–Trinajstić information content (AvgIpc) is 2.70. The van der Waals surface area contributed by atoms with Crippen molar-refractivity contribution in [1.29, 1.82) is 0 Å². The molecule has 28 heavy (non-hydrogen) atoms. The SMILES string of the molecule is O=C(NCCCc1ccc(F)cc1)C1CCN(Cc2ccc(Cl)c(Cl)c2)CC1. The highest BCUT2D eigenvalue weighted by Crippen LogP contribution is 2.25. The predicted octanol–water partition coefficient (Wildman–Crippen LogP) is 5.09. The van der Waals surface area contributed by atoms with E-state index in [0.717, 1.165) is 56.4 Å². The van der Waals surface area contributed by atoms with Crippen molar-refractivity contribution in [2.45, 2.75) is 32.2 Å². The molecular formula is C22H25Cl2FN2O. The van der Waals surface area contributed by atoms with Gasteiger partial charge in [0, 0.05) is 19.0 Å². The van der Waals surface area contributed by atoms with Gasteiger partial charge in [-0.2, -0.15) is 0 Å². The molecule has 1 aliphatic heterocycles. The molecule has 6 heteroatoms. The number of amides is 1. The highest BCUT2D eigenvalue weighted by molar-refractivity contribution is 6.42. The van der Waals surface area contributed by atoms with Gasteiger partial charge in [-0.25, -0.2) is 4.39 Å². The summed E-state index contributed by atoms with van der Waals surface area (Å²) in [6, 6.07) is 12.3. The van der Waals surface area contributed by atoms with Gasteiger partial charge in [-0.15, -0.1) is 0 Å². The van der Waals surface area contributed by atoms with E-state index < -0.39 is 0 Å². The Morgan fingerprint density at radius 2 is 1.71 bits per heavy atom. The van der Waals surface area contributed by atoms with E-state index in [-0.39, 0.29) is 17.6 Å². The largest absolute Gasteiger partial charge is 0.356 e. The summed E-state index contributed by atoms with van der Waals surface area (Å²) in [5, 5.41) is 4.20. The van der Waals surface area contributed by atoms with Crippen molar-refractivity contribution < 1.29 is 9.18 Å². The van der Waals surface area contributed by atoms with Crippen LogP contribution in [0.4, 0.5) is 4.39 Å². The van der Waals surface area contributed by atoms with Gasteiger partial charge in [0.2, 0.25) is 5.91 Å². The van der Waals surface area contributed by atoms with Crippen LogP contribution in [0.3, 0.4) is 0 Å². The molecule has 0 spiro atoms. The topological polar surface area (TPSA) is 32.3 Å². The first kappa shape index (κ1) is 21.1. The monoisotopic (exact) mass is 422 g/mol. The average molecular weight is 423 g/mol. The second-order valence-electron chi connectivity index (χ2n) is 7.32. The number of halogens is 3. The van der Waals surface area contributed by atoms with Crippen LogP contribution in [0.5, 0.6) is 0 Å². The molecule has 3 rings (SSSR count). The summed E-state index contributed by atoms with van der Waals surface area (Å²) in [7, 11) is 0. The van der Waals surface area contributed by atoms with Crippen molar-refractivity contribution in [3.05, 3.63) is 69.5 Å². The molecule has 0 saturated carbocycles. The van der Waals surface area contributed by atoms with E-state index >= 15 is 0 Å². The highest BCUT2D eigenvalue weighted by atomic mass is 35.5. The first-order valence-corrected chi connectivity index (χ1v) is 10.5. The van der Waals surface area contributed by atoms with Crippen LogP contribution in [0.25, 0.3) is 0 Å². The van der Waals surface area contributed by atoms with Crippen molar-refractivity contribution >= 4 is 29.1 Å². The van der Waals surface area contributed by atoms with Gasteiger partial charge < -0.3 is 5.32 Å². The molecule has 1 saturated heterocycles. The van der Waals surface area contributed by atoms with E-state index in [2.05, 4.69) is 10.2 Å². The van der Waals surface area contributed by atoms with Gasteiger partial charge in [0.25, 0.3) is 0 Å². The first-order valence-electron chi connectivity index (χ1n) is 9.69. The number of carbonyl (C=O) groups is 1. The molecule has 1 heterocycles. The van der Waals surface area contributed by atoms with Crippen LogP contribution >= 0.6 is 23.2 Å². The third-order valence-electron chi connectivity index (χ3n) is 5.20. The fourth-order valence-electron chi connectivity index (χ4n) is 3.55. The van der Waals surface area contributed by atoms with E-state index in [0.29, 0.717) is 16.6 Å². The molecule has 1 amide bonds. The maximum Gasteiger partial charge on any atom is 0.223 e. The summed E-state index contributed by atoms with van der Waals surface area (Å²) < 4.78 is 12.9. The zero-order chi connectivity index (χ0) is 19.9. The molecule has 2 aromatic carbocycles. The van der Waals surface area contributed by atoms with Crippen molar-refractivity contribution in [3.63, 3.8) is 0 Å². The van der Waals surface area contributed by atoms with Crippen molar-refractivity contribution in [2.24, 2.45) is 5.92 Å². The summed E-state index contributed by atoms with van der Waals surface area (Å²) in [6.45, 7) is 3.27. The molecular weight excluding hydrogens is 398 g/mol. The van der Waals surface area contributed by atoms with Crippen LogP contribution in [-0.4, -0.2) is 30.4 Å². The number of nitrogens with one attached hydrogen (secondary N) is 1. The number of likely N-dealkylation sites (tertiary alicyclic amines) is 1. The summed E-state index contributed by atoms with van der Waals surface area (Å²) in [6.07, 6.45) is 3.42. The Hall–Kier alpha value is -1.62. The van der Waals surface area contributed by atoms with Crippen LogP contribution in [-0.2, 0) is 17.8 Å².